The number of benzene rings is 7. The molecule has 11 aromatic rings. The van der Waals surface area contributed by atoms with Crippen LogP contribution in [0.4, 0.5) is 5.69 Å². The lowest BCUT2D eigenvalue weighted by molar-refractivity contribution is 0.669. The second-order valence-electron chi connectivity index (χ2n) is 13.5. The Hall–Kier alpha value is -7.58. The van der Waals surface area contributed by atoms with Crippen molar-refractivity contribution in [3.63, 3.8) is 0 Å². The molecule has 0 bridgehead atoms. The lowest BCUT2D eigenvalue weighted by Gasteiger charge is -2.15. The van der Waals surface area contributed by atoms with Gasteiger partial charge < -0.3 is 8.98 Å². The summed E-state index contributed by atoms with van der Waals surface area (Å²) in [6, 6.07) is 53.3. The Kier molecular flexibility index (Phi) is 6.75. The smallest absolute Gasteiger partial charge is 0.211 e. The van der Waals surface area contributed by atoms with Crippen molar-refractivity contribution in [2.75, 3.05) is 0 Å². The van der Waals surface area contributed by atoms with E-state index in [1.165, 1.54) is 15.5 Å². The predicted octanol–water partition coefficient (Wildman–Crippen LogP) is 13.3. The number of nitriles is 1. The topological polar surface area (TPSA) is 72.0 Å². The Bertz CT molecular complexity index is 3470. The maximum Gasteiger partial charge on any atom is 0.211 e. The number of thiophene rings is 1. The average molecular weight is 720 g/mol. The van der Waals surface area contributed by atoms with Gasteiger partial charge in [0.15, 0.2) is 5.82 Å². The van der Waals surface area contributed by atoms with Crippen LogP contribution in [-0.4, -0.2) is 14.5 Å². The van der Waals surface area contributed by atoms with Gasteiger partial charge in [0.25, 0.3) is 0 Å². The monoisotopic (exact) mass is 719 g/mol. The minimum atomic E-state index is 0.353. The summed E-state index contributed by atoms with van der Waals surface area (Å²) < 4.78 is 10.8. The molecule has 0 fully saturated rings. The summed E-state index contributed by atoms with van der Waals surface area (Å²) in [7, 11) is 0. The van der Waals surface area contributed by atoms with E-state index in [2.05, 4.69) is 88.3 Å². The van der Waals surface area contributed by atoms with Gasteiger partial charge in [-0.2, -0.15) is 5.26 Å². The van der Waals surface area contributed by atoms with Crippen LogP contribution in [0.25, 0.3) is 108 Å². The van der Waals surface area contributed by atoms with E-state index in [0.29, 0.717) is 34.0 Å². The van der Waals surface area contributed by atoms with Gasteiger partial charge in [-0.1, -0.05) is 103 Å². The van der Waals surface area contributed by atoms with Gasteiger partial charge in [0.2, 0.25) is 5.69 Å². The molecule has 4 aromatic heterocycles. The first-order valence-electron chi connectivity index (χ1n) is 17.8. The van der Waals surface area contributed by atoms with E-state index < -0.39 is 0 Å². The zero-order valence-corrected chi connectivity index (χ0v) is 29.8. The molecule has 0 amide bonds. The Labute approximate surface area is 318 Å². The summed E-state index contributed by atoms with van der Waals surface area (Å²) in [5.41, 5.74) is 8.41. The van der Waals surface area contributed by atoms with Crippen molar-refractivity contribution in [1.29, 1.82) is 5.26 Å². The Morgan fingerprint density at radius 1 is 0.564 bits per heavy atom. The molecule has 0 aliphatic rings. The molecule has 7 aromatic carbocycles. The van der Waals surface area contributed by atoms with Gasteiger partial charge in [0, 0.05) is 58.9 Å². The van der Waals surface area contributed by atoms with Crippen LogP contribution in [-0.2, 0) is 0 Å². The van der Waals surface area contributed by atoms with E-state index in [1.807, 2.05) is 78.9 Å². The van der Waals surface area contributed by atoms with E-state index in [1.54, 1.807) is 11.3 Å². The van der Waals surface area contributed by atoms with Crippen LogP contribution in [0.15, 0.2) is 156 Å². The molecular formula is C48H25N5OS. The van der Waals surface area contributed by atoms with E-state index in [0.717, 1.165) is 65.3 Å². The molecule has 11 rings (SSSR count). The summed E-state index contributed by atoms with van der Waals surface area (Å²) in [5.74, 6) is 0.512. The van der Waals surface area contributed by atoms with Crippen molar-refractivity contribution >= 4 is 80.9 Å². The lowest BCUT2D eigenvalue weighted by atomic mass is 9.99. The summed E-state index contributed by atoms with van der Waals surface area (Å²) in [5, 5.41) is 17.4. The van der Waals surface area contributed by atoms with Gasteiger partial charge in [0.05, 0.1) is 34.7 Å². The lowest BCUT2D eigenvalue weighted by Crippen LogP contribution is -2.01. The molecule has 0 unspecified atom stereocenters. The second kappa shape index (κ2) is 12.0. The molecule has 0 atom stereocenters. The molecule has 0 aliphatic heterocycles. The van der Waals surface area contributed by atoms with Gasteiger partial charge in [-0.3, -0.25) is 0 Å². The van der Waals surface area contributed by atoms with Crippen LogP contribution >= 0.6 is 11.3 Å². The normalized spacial score (nSPS) is 11.6. The highest BCUT2D eigenvalue weighted by atomic mass is 32.1. The van der Waals surface area contributed by atoms with Gasteiger partial charge >= 0.3 is 0 Å². The highest BCUT2D eigenvalue weighted by molar-refractivity contribution is 7.25. The van der Waals surface area contributed by atoms with Crippen LogP contribution in [0, 0.1) is 17.9 Å². The first kappa shape index (κ1) is 31.0. The maximum absolute atomic E-state index is 10.7. The van der Waals surface area contributed by atoms with Crippen LogP contribution in [0.2, 0.25) is 0 Å². The SMILES string of the molecule is [C-]#[N+]c1cc(-c2nc(-c3ccc4c(c3)sc3ccccc34)nc(-c3ccccc3)c2C#N)ccc1-n1c2ccccc2c2cc3c(cc21)oc1ccccc13. The zero-order valence-electron chi connectivity index (χ0n) is 29.0. The number of rotatable bonds is 4. The van der Waals surface area contributed by atoms with Crippen LogP contribution in [0.5, 0.6) is 0 Å². The van der Waals surface area contributed by atoms with E-state index in [-0.39, 0.29) is 0 Å². The van der Waals surface area contributed by atoms with Crippen molar-refractivity contribution in [3.05, 3.63) is 169 Å². The van der Waals surface area contributed by atoms with Crippen molar-refractivity contribution in [1.82, 2.24) is 14.5 Å². The fourth-order valence-corrected chi connectivity index (χ4v) is 9.12. The van der Waals surface area contributed by atoms with Gasteiger partial charge in [-0.15, -0.1) is 11.3 Å². The van der Waals surface area contributed by atoms with Crippen LogP contribution in [0.1, 0.15) is 5.56 Å². The molecule has 7 heteroatoms. The Balaban J connectivity index is 1.13. The van der Waals surface area contributed by atoms with E-state index in [4.69, 9.17) is 21.0 Å². The van der Waals surface area contributed by atoms with E-state index >= 15 is 0 Å². The largest absolute Gasteiger partial charge is 0.456 e. The molecular weight excluding hydrogens is 695 g/mol. The molecule has 0 radical (unpaired) electrons. The highest BCUT2D eigenvalue weighted by Gasteiger charge is 2.22. The fraction of sp³-hybridized carbons (Fsp3) is 0. The minimum Gasteiger partial charge on any atom is -0.456 e. The number of nitrogens with zero attached hydrogens (tertiary/aromatic N) is 5. The molecule has 0 spiro atoms. The van der Waals surface area contributed by atoms with Crippen LogP contribution in [0.3, 0.4) is 0 Å². The highest BCUT2D eigenvalue weighted by Crippen LogP contribution is 2.42. The first-order chi connectivity index (χ1) is 27.2. The number of para-hydroxylation sites is 2. The van der Waals surface area contributed by atoms with E-state index in [9.17, 15) is 5.26 Å². The van der Waals surface area contributed by atoms with Gasteiger partial charge in [-0.05, 0) is 48.0 Å². The molecule has 254 valence electrons. The molecule has 4 heterocycles. The Morgan fingerprint density at radius 3 is 2.11 bits per heavy atom. The van der Waals surface area contributed by atoms with Crippen molar-refractivity contribution in [3.8, 4) is 45.7 Å². The third-order valence-corrected chi connectivity index (χ3v) is 11.6. The molecule has 0 saturated carbocycles. The summed E-state index contributed by atoms with van der Waals surface area (Å²) in [4.78, 5) is 14.2. The number of hydrogen-bond acceptors (Lipinski definition) is 5. The maximum atomic E-state index is 10.7. The first-order valence-corrected chi connectivity index (χ1v) is 18.6. The Morgan fingerprint density at radius 2 is 1.27 bits per heavy atom. The zero-order chi connectivity index (χ0) is 36.6. The summed E-state index contributed by atoms with van der Waals surface area (Å²) >= 11 is 1.74. The van der Waals surface area contributed by atoms with Crippen molar-refractivity contribution in [2.45, 2.75) is 0 Å². The number of fused-ring (bicyclic) bond motifs is 9. The summed E-state index contributed by atoms with van der Waals surface area (Å²) in [6.45, 7) is 8.44. The molecule has 0 saturated heterocycles. The quantitative estimate of drug-likeness (QED) is 0.170. The molecule has 0 N–H and O–H groups in total. The van der Waals surface area contributed by atoms with Gasteiger partial charge in [-0.25, -0.2) is 14.8 Å². The number of furan rings is 1. The summed E-state index contributed by atoms with van der Waals surface area (Å²) in [6.07, 6.45) is 0. The van der Waals surface area contributed by atoms with Crippen molar-refractivity contribution in [2.24, 2.45) is 0 Å². The second-order valence-corrected chi connectivity index (χ2v) is 14.6. The number of aromatic nitrogens is 3. The minimum absolute atomic E-state index is 0.353. The fourth-order valence-electron chi connectivity index (χ4n) is 7.97. The average Bonchev–Trinajstić information content (AvgIpc) is 3.91. The number of hydrogen-bond donors (Lipinski definition) is 0. The molecule has 55 heavy (non-hydrogen) atoms. The molecule has 6 nitrogen and oxygen atoms in total. The third-order valence-electron chi connectivity index (χ3n) is 10.5. The predicted molar refractivity (Wildman–Crippen MR) is 224 cm³/mol. The van der Waals surface area contributed by atoms with Gasteiger partial charge in [0.1, 0.15) is 22.8 Å². The van der Waals surface area contributed by atoms with Crippen molar-refractivity contribution < 1.29 is 4.42 Å². The molecule has 0 aliphatic carbocycles. The van der Waals surface area contributed by atoms with Crippen LogP contribution < -0.4 is 0 Å². The third kappa shape index (κ3) is 4.71. The standard InChI is InChI=1S/C48H25N5OS/c1-50-38-23-29(20-22-40(38)53-39-16-8-5-13-31(39)35-25-36-32-14-6-9-17-42(32)54-43(36)26-41(35)53)47-37(27-49)46(28-11-3-2-4-12-28)51-48(52-47)30-19-21-34-33-15-7-10-18-44(33)55-45(34)24-30/h2-26H.